The molecule has 0 spiro atoms. The molecule has 8 nitrogen and oxygen atoms in total. The number of anilines is 1. The molecule has 1 fully saturated rings. The minimum Gasteiger partial charge on any atom is -0.454 e. The van der Waals surface area contributed by atoms with Crippen LogP contribution in [0.5, 0.6) is 11.5 Å². The van der Waals surface area contributed by atoms with Gasteiger partial charge in [-0.15, -0.1) is 11.8 Å². The predicted octanol–water partition coefficient (Wildman–Crippen LogP) is 4.14. The van der Waals surface area contributed by atoms with Crippen LogP contribution >= 0.6 is 11.8 Å². The summed E-state index contributed by atoms with van der Waals surface area (Å²) < 4.78 is 15.8. The summed E-state index contributed by atoms with van der Waals surface area (Å²) in [5.41, 5.74) is 0.924. The van der Waals surface area contributed by atoms with Crippen molar-refractivity contribution in [2.24, 2.45) is 0 Å². The maximum atomic E-state index is 12.6. The molecule has 180 valence electrons. The number of hydrogen-bond donors (Lipinski definition) is 2. The van der Waals surface area contributed by atoms with Crippen LogP contribution in [0.2, 0.25) is 0 Å². The number of rotatable bonds is 8. The Balaban J connectivity index is 1.26. The van der Waals surface area contributed by atoms with Crippen molar-refractivity contribution in [3.63, 3.8) is 0 Å². The van der Waals surface area contributed by atoms with Gasteiger partial charge in [-0.1, -0.05) is 37.8 Å². The molecule has 1 aliphatic heterocycles. The van der Waals surface area contributed by atoms with Gasteiger partial charge in [0.1, 0.15) is 0 Å². The highest BCUT2D eigenvalue weighted by Gasteiger charge is 2.19. The van der Waals surface area contributed by atoms with Crippen LogP contribution in [0.4, 0.5) is 5.69 Å². The fourth-order valence-electron chi connectivity index (χ4n) is 3.98. The minimum absolute atomic E-state index is 0.0981. The third-order valence-electron chi connectivity index (χ3n) is 5.68. The summed E-state index contributed by atoms with van der Waals surface area (Å²) in [5, 5.41) is 5.78. The number of fused-ring (bicyclic) bond motifs is 1. The lowest BCUT2D eigenvalue weighted by molar-refractivity contribution is -0.125. The summed E-state index contributed by atoms with van der Waals surface area (Å²) in [6, 6.07) is 12.2. The number of amides is 2. The van der Waals surface area contributed by atoms with Crippen LogP contribution in [0.3, 0.4) is 0 Å². The maximum Gasteiger partial charge on any atom is 0.339 e. The number of esters is 1. The molecule has 1 saturated carbocycles. The highest BCUT2D eigenvalue weighted by Crippen LogP contribution is 2.34. The first-order valence-electron chi connectivity index (χ1n) is 11.5. The molecule has 2 aromatic carbocycles. The first-order chi connectivity index (χ1) is 16.6. The van der Waals surface area contributed by atoms with E-state index in [4.69, 9.17) is 14.2 Å². The Morgan fingerprint density at radius 3 is 2.53 bits per heavy atom. The highest BCUT2D eigenvalue weighted by atomic mass is 32.2. The topological polar surface area (TPSA) is 103 Å². The van der Waals surface area contributed by atoms with E-state index in [1.807, 2.05) is 0 Å². The summed E-state index contributed by atoms with van der Waals surface area (Å²) in [6.45, 7) is -0.156. The number of thioether (sulfide) groups is 1. The minimum atomic E-state index is -0.588. The number of ether oxygens (including phenoxy) is 3. The molecule has 34 heavy (non-hydrogen) atoms. The Morgan fingerprint density at radius 2 is 1.71 bits per heavy atom. The summed E-state index contributed by atoms with van der Waals surface area (Å²) >= 11 is 1.22. The SMILES string of the molecule is O=C(CSc1ccccc1C(=O)OCC(=O)NC1CCCCCC1)Nc1ccc2c(c1)OCO2. The fraction of sp³-hybridized carbons (Fsp3) is 0.400. The molecule has 2 aromatic rings. The standard InChI is InChI=1S/C25H28N2O6S/c28-23(26-17-7-3-1-2-4-8-17)14-31-25(30)19-9-5-6-10-22(19)34-15-24(29)27-18-11-12-20-21(13-18)33-16-32-20/h5-6,9-13,17H,1-4,7-8,14-16H2,(H,26,28)(H,27,29). The maximum absolute atomic E-state index is 12.6. The molecule has 2 amide bonds. The first kappa shape index (κ1) is 23.9. The normalized spacial score (nSPS) is 15.3. The van der Waals surface area contributed by atoms with Gasteiger partial charge in [0.15, 0.2) is 18.1 Å². The van der Waals surface area contributed by atoms with Gasteiger partial charge < -0.3 is 24.8 Å². The predicted molar refractivity (Wildman–Crippen MR) is 128 cm³/mol. The van der Waals surface area contributed by atoms with Crippen LogP contribution < -0.4 is 20.1 Å². The van der Waals surface area contributed by atoms with E-state index in [-0.39, 0.29) is 37.0 Å². The number of carbonyl (C=O) groups excluding carboxylic acids is 3. The van der Waals surface area contributed by atoms with Gasteiger partial charge in [-0.2, -0.15) is 0 Å². The summed E-state index contributed by atoms with van der Waals surface area (Å²) in [5.74, 6) is 0.226. The Labute approximate surface area is 202 Å². The van der Waals surface area contributed by atoms with Crippen molar-refractivity contribution >= 4 is 35.2 Å². The largest absolute Gasteiger partial charge is 0.454 e. The third-order valence-corrected chi connectivity index (χ3v) is 6.75. The molecule has 0 bridgehead atoms. The second-order valence-corrected chi connectivity index (χ2v) is 9.25. The molecule has 0 radical (unpaired) electrons. The first-order valence-corrected chi connectivity index (χ1v) is 12.4. The van der Waals surface area contributed by atoms with E-state index in [2.05, 4.69) is 10.6 Å². The number of hydrogen-bond acceptors (Lipinski definition) is 7. The quantitative estimate of drug-likeness (QED) is 0.330. The van der Waals surface area contributed by atoms with Gasteiger partial charge in [0, 0.05) is 22.7 Å². The zero-order chi connectivity index (χ0) is 23.8. The molecule has 1 aliphatic carbocycles. The van der Waals surface area contributed by atoms with Gasteiger partial charge in [-0.05, 0) is 37.1 Å². The second kappa shape index (κ2) is 11.8. The number of benzene rings is 2. The molecule has 9 heteroatoms. The van der Waals surface area contributed by atoms with Crippen LogP contribution in [-0.2, 0) is 14.3 Å². The number of carbonyl (C=O) groups is 3. The van der Waals surface area contributed by atoms with Crippen molar-refractivity contribution in [1.82, 2.24) is 5.32 Å². The van der Waals surface area contributed by atoms with Gasteiger partial charge >= 0.3 is 5.97 Å². The molecule has 4 rings (SSSR count). The van der Waals surface area contributed by atoms with Gasteiger partial charge in [-0.3, -0.25) is 9.59 Å². The molecule has 0 atom stereocenters. The molecular weight excluding hydrogens is 456 g/mol. The molecule has 0 saturated heterocycles. The number of nitrogens with one attached hydrogen (secondary N) is 2. The van der Waals surface area contributed by atoms with Crippen LogP contribution in [0.15, 0.2) is 47.4 Å². The van der Waals surface area contributed by atoms with Crippen molar-refractivity contribution < 1.29 is 28.6 Å². The lowest BCUT2D eigenvalue weighted by Crippen LogP contribution is -2.37. The van der Waals surface area contributed by atoms with Gasteiger partial charge in [-0.25, -0.2) is 4.79 Å². The van der Waals surface area contributed by atoms with Crippen molar-refractivity contribution in [1.29, 1.82) is 0 Å². The molecule has 2 aliphatic rings. The lowest BCUT2D eigenvalue weighted by atomic mass is 10.1. The molecule has 2 N–H and O–H groups in total. The Morgan fingerprint density at radius 1 is 0.941 bits per heavy atom. The molecule has 1 heterocycles. The van der Waals surface area contributed by atoms with Crippen LogP contribution in [0.25, 0.3) is 0 Å². The monoisotopic (exact) mass is 484 g/mol. The zero-order valence-corrected chi connectivity index (χ0v) is 19.7. The highest BCUT2D eigenvalue weighted by molar-refractivity contribution is 8.00. The summed E-state index contributed by atoms with van der Waals surface area (Å²) in [7, 11) is 0. The third kappa shape index (κ3) is 6.66. The molecule has 0 unspecified atom stereocenters. The average molecular weight is 485 g/mol. The van der Waals surface area contributed by atoms with Crippen LogP contribution in [0, 0.1) is 0 Å². The van der Waals surface area contributed by atoms with Crippen molar-refractivity contribution in [3.05, 3.63) is 48.0 Å². The van der Waals surface area contributed by atoms with E-state index >= 15 is 0 Å². The van der Waals surface area contributed by atoms with Crippen molar-refractivity contribution in [3.8, 4) is 11.5 Å². The van der Waals surface area contributed by atoms with E-state index < -0.39 is 5.97 Å². The summed E-state index contributed by atoms with van der Waals surface area (Å²) in [4.78, 5) is 37.9. The smallest absolute Gasteiger partial charge is 0.339 e. The van der Waals surface area contributed by atoms with Crippen molar-refractivity contribution in [2.75, 3.05) is 24.5 Å². The van der Waals surface area contributed by atoms with E-state index in [1.54, 1.807) is 42.5 Å². The lowest BCUT2D eigenvalue weighted by Gasteiger charge is -2.16. The van der Waals surface area contributed by atoms with Crippen LogP contribution in [-0.4, -0.2) is 43.0 Å². The van der Waals surface area contributed by atoms with Crippen molar-refractivity contribution in [2.45, 2.75) is 49.5 Å². The van der Waals surface area contributed by atoms with E-state index in [9.17, 15) is 14.4 Å². The fourth-order valence-corrected chi connectivity index (χ4v) is 4.82. The van der Waals surface area contributed by atoms with Gasteiger partial charge in [0.2, 0.25) is 12.7 Å². The van der Waals surface area contributed by atoms with Gasteiger partial charge in [0.25, 0.3) is 5.91 Å². The van der Waals surface area contributed by atoms with E-state index in [1.165, 1.54) is 24.6 Å². The molecule has 0 aromatic heterocycles. The Bertz CT molecular complexity index is 1040. The van der Waals surface area contributed by atoms with E-state index in [0.717, 1.165) is 25.7 Å². The second-order valence-electron chi connectivity index (χ2n) is 8.23. The average Bonchev–Trinajstić information content (AvgIpc) is 3.16. The molecular formula is C25H28N2O6S. The Kier molecular flexibility index (Phi) is 8.30. The van der Waals surface area contributed by atoms with Gasteiger partial charge in [0.05, 0.1) is 11.3 Å². The van der Waals surface area contributed by atoms with Crippen LogP contribution in [0.1, 0.15) is 48.9 Å². The Hall–Kier alpha value is -3.20. The zero-order valence-electron chi connectivity index (χ0n) is 18.8. The summed E-state index contributed by atoms with van der Waals surface area (Å²) in [6.07, 6.45) is 6.55. The van der Waals surface area contributed by atoms with E-state index in [0.29, 0.717) is 27.6 Å².